The molecule has 1 heterocycles. The number of nitrogens with one attached hydrogen (secondary N) is 1. The molecule has 0 spiro atoms. The number of nitriles is 1. The van der Waals surface area contributed by atoms with E-state index in [2.05, 4.69) is 10.3 Å². The van der Waals surface area contributed by atoms with Gasteiger partial charge in [-0.3, -0.25) is 4.98 Å². The number of aromatic nitrogens is 1. The van der Waals surface area contributed by atoms with Crippen LogP contribution < -0.4 is 5.32 Å². The van der Waals surface area contributed by atoms with E-state index in [0.717, 1.165) is 17.5 Å². The molecule has 3 rings (SSSR count). The molecule has 21 heavy (non-hydrogen) atoms. The van der Waals surface area contributed by atoms with Gasteiger partial charge in [0.15, 0.2) is 11.6 Å². The number of rotatable bonds is 2. The first-order valence-corrected chi connectivity index (χ1v) is 6.19. The third-order valence-corrected chi connectivity index (χ3v) is 3.08. The van der Waals surface area contributed by atoms with E-state index < -0.39 is 11.6 Å². The third kappa shape index (κ3) is 2.39. The number of nitrogens with zero attached hydrogens (tertiary/aromatic N) is 2. The molecule has 0 amide bonds. The van der Waals surface area contributed by atoms with Crippen LogP contribution in [0.15, 0.2) is 48.7 Å². The van der Waals surface area contributed by atoms with Gasteiger partial charge in [0, 0.05) is 23.3 Å². The fraction of sp³-hybridized carbons (Fsp3) is 0. The molecule has 2 aromatic carbocycles. The molecule has 0 radical (unpaired) electrons. The number of hydrogen-bond acceptors (Lipinski definition) is 3. The zero-order chi connectivity index (χ0) is 14.8. The van der Waals surface area contributed by atoms with E-state index in [-0.39, 0.29) is 0 Å². The summed E-state index contributed by atoms with van der Waals surface area (Å²) in [5.41, 5.74) is 1.93. The van der Waals surface area contributed by atoms with Crippen molar-refractivity contribution in [1.29, 1.82) is 5.26 Å². The van der Waals surface area contributed by atoms with Crippen LogP contribution in [0.4, 0.5) is 20.2 Å². The molecule has 3 aromatic rings. The predicted octanol–water partition coefficient (Wildman–Crippen LogP) is 4.13. The summed E-state index contributed by atoms with van der Waals surface area (Å²) in [6.45, 7) is 0. The number of para-hydroxylation sites is 1. The van der Waals surface area contributed by atoms with Crippen LogP contribution in [0.1, 0.15) is 5.56 Å². The van der Waals surface area contributed by atoms with Gasteiger partial charge in [0.25, 0.3) is 0 Å². The molecule has 5 heteroatoms. The van der Waals surface area contributed by atoms with E-state index in [1.165, 1.54) is 12.3 Å². The molecular weight excluding hydrogens is 272 g/mol. The van der Waals surface area contributed by atoms with Crippen LogP contribution >= 0.6 is 0 Å². The molecule has 0 saturated carbocycles. The molecule has 0 aliphatic heterocycles. The smallest absolute Gasteiger partial charge is 0.160 e. The minimum absolute atomic E-state index is 0.332. The predicted molar refractivity (Wildman–Crippen MR) is 76.1 cm³/mol. The minimum atomic E-state index is -0.947. The lowest BCUT2D eigenvalue weighted by Gasteiger charge is -2.11. The molecule has 0 bridgehead atoms. The van der Waals surface area contributed by atoms with E-state index in [4.69, 9.17) is 0 Å². The van der Waals surface area contributed by atoms with Crippen LogP contribution in [-0.4, -0.2) is 4.98 Å². The molecule has 1 aromatic heterocycles. The van der Waals surface area contributed by atoms with Gasteiger partial charge in [-0.2, -0.15) is 5.26 Å². The topological polar surface area (TPSA) is 48.7 Å². The Labute approximate surface area is 119 Å². The van der Waals surface area contributed by atoms with Crippen molar-refractivity contribution in [3.63, 3.8) is 0 Å². The Morgan fingerprint density at radius 2 is 1.86 bits per heavy atom. The first-order chi connectivity index (χ1) is 10.2. The average molecular weight is 281 g/mol. The standard InChI is InChI=1S/C16H9F2N3/c17-13-6-5-11(7-14(13)18)21-16-10(8-19)9-20-15-4-2-1-3-12(15)16/h1-7,9H,(H,20,21). The van der Waals surface area contributed by atoms with Gasteiger partial charge < -0.3 is 5.32 Å². The number of fused-ring (bicyclic) bond motifs is 1. The lowest BCUT2D eigenvalue weighted by atomic mass is 10.1. The fourth-order valence-electron chi connectivity index (χ4n) is 2.08. The van der Waals surface area contributed by atoms with Gasteiger partial charge in [-0.05, 0) is 18.2 Å². The summed E-state index contributed by atoms with van der Waals surface area (Å²) in [6, 6.07) is 12.8. The van der Waals surface area contributed by atoms with Gasteiger partial charge in [0.1, 0.15) is 6.07 Å². The van der Waals surface area contributed by atoms with Crippen LogP contribution in [0.25, 0.3) is 10.9 Å². The average Bonchev–Trinajstić information content (AvgIpc) is 2.51. The highest BCUT2D eigenvalue weighted by atomic mass is 19.2. The third-order valence-electron chi connectivity index (χ3n) is 3.08. The van der Waals surface area contributed by atoms with E-state index in [0.29, 0.717) is 22.5 Å². The lowest BCUT2D eigenvalue weighted by Crippen LogP contribution is -1.97. The molecule has 0 aliphatic rings. The largest absolute Gasteiger partial charge is 0.354 e. The SMILES string of the molecule is N#Cc1cnc2ccccc2c1Nc1ccc(F)c(F)c1. The zero-order valence-electron chi connectivity index (χ0n) is 10.8. The van der Waals surface area contributed by atoms with Gasteiger partial charge in [-0.15, -0.1) is 0 Å². The molecular formula is C16H9F2N3. The van der Waals surface area contributed by atoms with E-state index in [9.17, 15) is 14.0 Å². The van der Waals surface area contributed by atoms with Crippen LogP contribution in [-0.2, 0) is 0 Å². The summed E-state index contributed by atoms with van der Waals surface area (Å²) < 4.78 is 26.3. The summed E-state index contributed by atoms with van der Waals surface area (Å²) in [7, 11) is 0. The van der Waals surface area contributed by atoms with Crippen LogP contribution in [0, 0.1) is 23.0 Å². The Bertz CT molecular complexity index is 869. The Morgan fingerprint density at radius 3 is 2.62 bits per heavy atom. The molecule has 0 atom stereocenters. The Morgan fingerprint density at radius 1 is 1.05 bits per heavy atom. The Hall–Kier alpha value is -3.00. The molecule has 102 valence electrons. The quantitative estimate of drug-likeness (QED) is 0.768. The van der Waals surface area contributed by atoms with E-state index in [1.54, 1.807) is 0 Å². The van der Waals surface area contributed by atoms with Crippen molar-refractivity contribution in [1.82, 2.24) is 4.98 Å². The van der Waals surface area contributed by atoms with Crippen molar-refractivity contribution in [3.05, 3.63) is 65.9 Å². The number of hydrogen-bond donors (Lipinski definition) is 1. The second-order valence-corrected chi connectivity index (χ2v) is 4.43. The van der Waals surface area contributed by atoms with Crippen LogP contribution in [0.2, 0.25) is 0 Å². The van der Waals surface area contributed by atoms with Gasteiger partial charge in [0.05, 0.1) is 16.8 Å². The van der Waals surface area contributed by atoms with Crippen molar-refractivity contribution in [3.8, 4) is 6.07 Å². The molecule has 1 N–H and O–H groups in total. The van der Waals surface area contributed by atoms with Crippen molar-refractivity contribution in [2.24, 2.45) is 0 Å². The summed E-state index contributed by atoms with van der Waals surface area (Å²) in [5, 5.41) is 12.9. The fourth-order valence-corrected chi connectivity index (χ4v) is 2.08. The molecule has 3 nitrogen and oxygen atoms in total. The van der Waals surface area contributed by atoms with Crippen LogP contribution in [0.3, 0.4) is 0 Å². The second kappa shape index (κ2) is 5.17. The van der Waals surface area contributed by atoms with Crippen molar-refractivity contribution in [2.75, 3.05) is 5.32 Å². The lowest BCUT2D eigenvalue weighted by molar-refractivity contribution is 0.509. The maximum atomic E-state index is 13.3. The molecule has 0 fully saturated rings. The van der Waals surface area contributed by atoms with Crippen molar-refractivity contribution in [2.45, 2.75) is 0 Å². The molecule has 0 unspecified atom stereocenters. The number of anilines is 2. The van der Waals surface area contributed by atoms with Gasteiger partial charge in [-0.1, -0.05) is 18.2 Å². The monoisotopic (exact) mass is 281 g/mol. The Balaban J connectivity index is 2.14. The van der Waals surface area contributed by atoms with Gasteiger partial charge in [0.2, 0.25) is 0 Å². The second-order valence-electron chi connectivity index (χ2n) is 4.43. The maximum Gasteiger partial charge on any atom is 0.160 e. The highest BCUT2D eigenvalue weighted by Gasteiger charge is 2.10. The Kier molecular flexibility index (Phi) is 3.20. The number of pyridine rings is 1. The van der Waals surface area contributed by atoms with Gasteiger partial charge in [-0.25, -0.2) is 8.78 Å². The van der Waals surface area contributed by atoms with E-state index >= 15 is 0 Å². The molecule has 0 aliphatic carbocycles. The first-order valence-electron chi connectivity index (χ1n) is 6.19. The van der Waals surface area contributed by atoms with Gasteiger partial charge >= 0.3 is 0 Å². The van der Waals surface area contributed by atoms with Crippen molar-refractivity contribution < 1.29 is 8.78 Å². The minimum Gasteiger partial charge on any atom is -0.354 e. The summed E-state index contributed by atoms with van der Waals surface area (Å²) >= 11 is 0. The normalized spacial score (nSPS) is 10.3. The number of halogens is 2. The highest BCUT2D eigenvalue weighted by Crippen LogP contribution is 2.29. The van der Waals surface area contributed by atoms with Crippen molar-refractivity contribution >= 4 is 22.3 Å². The summed E-state index contributed by atoms with van der Waals surface area (Å²) in [5.74, 6) is -1.86. The van der Waals surface area contributed by atoms with Crippen LogP contribution in [0.5, 0.6) is 0 Å². The zero-order valence-corrected chi connectivity index (χ0v) is 10.8. The first kappa shape index (κ1) is 13.0. The summed E-state index contributed by atoms with van der Waals surface area (Å²) in [4.78, 5) is 4.19. The molecule has 0 saturated heterocycles. The van der Waals surface area contributed by atoms with E-state index in [1.807, 2.05) is 30.3 Å². The summed E-state index contributed by atoms with van der Waals surface area (Å²) in [6.07, 6.45) is 1.45. The number of benzene rings is 2. The highest BCUT2D eigenvalue weighted by molar-refractivity contribution is 5.95. The maximum absolute atomic E-state index is 13.3.